The van der Waals surface area contributed by atoms with Crippen molar-refractivity contribution in [3.05, 3.63) is 72.1 Å². The molecule has 0 aliphatic carbocycles. The first-order valence-corrected chi connectivity index (χ1v) is 10.5. The van der Waals surface area contributed by atoms with E-state index in [9.17, 15) is 8.42 Å². The average Bonchev–Trinajstić information content (AvgIpc) is 3.37. The van der Waals surface area contributed by atoms with Crippen LogP contribution in [0.4, 0.5) is 0 Å². The van der Waals surface area contributed by atoms with Crippen molar-refractivity contribution in [3.63, 3.8) is 0 Å². The number of aliphatic imine (C=N–C) groups is 1. The predicted molar refractivity (Wildman–Crippen MR) is 104 cm³/mol. The lowest BCUT2D eigenvalue weighted by atomic mass is 10.1. The Labute approximate surface area is 163 Å². The van der Waals surface area contributed by atoms with Gasteiger partial charge in [0.1, 0.15) is 4.90 Å². The van der Waals surface area contributed by atoms with Crippen molar-refractivity contribution < 1.29 is 17.9 Å². The van der Waals surface area contributed by atoms with Gasteiger partial charge in [-0.25, -0.2) is 8.42 Å². The number of nitrogens with zero attached hydrogens (tertiary/aromatic N) is 2. The van der Waals surface area contributed by atoms with E-state index in [1.165, 1.54) is 5.57 Å². The summed E-state index contributed by atoms with van der Waals surface area (Å²) in [5.74, 6) is 0.738. The maximum Gasteiger partial charge on any atom is 0.231 e. The fourth-order valence-electron chi connectivity index (χ4n) is 3.56. The SMILES string of the molecule is O=S(=O)(c1ccc(CN2C=CC3N=CCC3=C2)cc1)c1cccc2c1OCO2. The molecule has 0 bridgehead atoms. The minimum absolute atomic E-state index is 0.0333. The molecule has 28 heavy (non-hydrogen) atoms. The van der Waals surface area contributed by atoms with Crippen LogP contribution >= 0.6 is 0 Å². The van der Waals surface area contributed by atoms with E-state index in [4.69, 9.17) is 9.47 Å². The summed E-state index contributed by atoms with van der Waals surface area (Å²) in [6.45, 7) is 0.705. The third-order valence-corrected chi connectivity index (χ3v) is 6.81. The van der Waals surface area contributed by atoms with Gasteiger partial charge in [0.25, 0.3) is 0 Å². The van der Waals surface area contributed by atoms with Gasteiger partial charge in [-0.3, -0.25) is 4.99 Å². The number of hydrogen-bond donors (Lipinski definition) is 0. The molecule has 0 spiro atoms. The van der Waals surface area contributed by atoms with Crippen LogP contribution in [0.2, 0.25) is 0 Å². The molecular formula is C21H18N2O4S. The van der Waals surface area contributed by atoms with Crippen LogP contribution in [0.3, 0.4) is 0 Å². The van der Waals surface area contributed by atoms with E-state index in [2.05, 4.69) is 22.2 Å². The highest BCUT2D eigenvalue weighted by molar-refractivity contribution is 7.91. The Morgan fingerprint density at radius 2 is 1.96 bits per heavy atom. The zero-order valence-corrected chi connectivity index (χ0v) is 15.8. The molecule has 1 atom stereocenters. The van der Waals surface area contributed by atoms with Gasteiger partial charge in [0.2, 0.25) is 16.6 Å². The number of benzene rings is 2. The van der Waals surface area contributed by atoms with Gasteiger partial charge in [-0.2, -0.15) is 0 Å². The number of fused-ring (bicyclic) bond motifs is 2. The Bertz CT molecular complexity index is 1120. The second kappa shape index (κ2) is 6.53. The molecule has 1 unspecified atom stereocenters. The van der Waals surface area contributed by atoms with Gasteiger partial charge in [0.05, 0.1) is 10.9 Å². The summed E-state index contributed by atoms with van der Waals surface area (Å²) in [5.41, 5.74) is 2.30. The molecule has 2 aromatic rings. The molecular weight excluding hydrogens is 376 g/mol. The van der Waals surface area contributed by atoms with Crippen molar-refractivity contribution in [1.82, 2.24) is 4.90 Å². The normalized spacial score (nSPS) is 19.6. The lowest BCUT2D eigenvalue weighted by molar-refractivity contribution is 0.172. The Balaban J connectivity index is 1.38. The summed E-state index contributed by atoms with van der Waals surface area (Å²) in [6, 6.07) is 12.1. The van der Waals surface area contributed by atoms with Crippen molar-refractivity contribution in [2.75, 3.05) is 6.79 Å². The average molecular weight is 394 g/mol. The second-order valence-corrected chi connectivity index (χ2v) is 8.75. The maximum atomic E-state index is 13.0. The Morgan fingerprint density at radius 1 is 1.11 bits per heavy atom. The fraction of sp³-hybridized carbons (Fsp3) is 0.190. The van der Waals surface area contributed by atoms with Crippen molar-refractivity contribution in [1.29, 1.82) is 0 Å². The van der Waals surface area contributed by atoms with Gasteiger partial charge < -0.3 is 14.4 Å². The van der Waals surface area contributed by atoms with Crippen LogP contribution in [0.1, 0.15) is 12.0 Å². The first kappa shape index (κ1) is 17.1. The first-order chi connectivity index (χ1) is 13.6. The molecule has 0 saturated heterocycles. The number of sulfone groups is 1. The zero-order chi connectivity index (χ0) is 19.1. The van der Waals surface area contributed by atoms with Crippen molar-refractivity contribution in [3.8, 4) is 11.5 Å². The van der Waals surface area contributed by atoms with Crippen molar-refractivity contribution in [2.45, 2.75) is 28.8 Å². The molecule has 0 fully saturated rings. The van der Waals surface area contributed by atoms with Crippen molar-refractivity contribution in [2.24, 2.45) is 4.99 Å². The molecule has 3 heterocycles. The van der Waals surface area contributed by atoms with Crippen LogP contribution in [0.5, 0.6) is 11.5 Å². The van der Waals surface area contributed by atoms with E-state index in [0.29, 0.717) is 12.3 Å². The molecule has 3 aliphatic rings. The van der Waals surface area contributed by atoms with E-state index in [0.717, 1.165) is 12.0 Å². The zero-order valence-electron chi connectivity index (χ0n) is 15.0. The van der Waals surface area contributed by atoms with Crippen molar-refractivity contribution >= 4 is 16.1 Å². The lowest BCUT2D eigenvalue weighted by Gasteiger charge is -2.22. The van der Waals surface area contributed by atoms with Gasteiger partial charge in [-0.1, -0.05) is 18.2 Å². The summed E-state index contributed by atoms with van der Waals surface area (Å²) in [7, 11) is -3.69. The highest BCUT2D eigenvalue weighted by Crippen LogP contribution is 2.40. The second-order valence-electron chi connectivity index (χ2n) is 6.84. The van der Waals surface area contributed by atoms with Gasteiger partial charge in [-0.15, -0.1) is 0 Å². The molecule has 6 nitrogen and oxygen atoms in total. The van der Waals surface area contributed by atoms with Crippen LogP contribution < -0.4 is 9.47 Å². The number of ether oxygens (including phenoxy) is 2. The third kappa shape index (κ3) is 2.88. The molecule has 0 amide bonds. The van der Waals surface area contributed by atoms with Gasteiger partial charge in [0, 0.05) is 31.6 Å². The highest BCUT2D eigenvalue weighted by Gasteiger charge is 2.27. The predicted octanol–water partition coefficient (Wildman–Crippen LogP) is 3.30. The molecule has 142 valence electrons. The van der Waals surface area contributed by atoms with Crippen LogP contribution in [0.15, 0.2) is 81.3 Å². The Hall–Kier alpha value is -3.06. The van der Waals surface area contributed by atoms with Gasteiger partial charge in [0.15, 0.2) is 11.5 Å². The number of rotatable bonds is 4. The molecule has 0 aromatic heterocycles. The Kier molecular flexibility index (Phi) is 3.98. The fourth-order valence-corrected chi connectivity index (χ4v) is 4.97. The summed E-state index contributed by atoms with van der Waals surface area (Å²) in [6.07, 6.45) is 9.05. The molecule has 5 rings (SSSR count). The van der Waals surface area contributed by atoms with E-state index in [1.54, 1.807) is 30.3 Å². The number of para-hydroxylation sites is 1. The molecule has 0 saturated carbocycles. The van der Waals surface area contributed by atoms with E-state index < -0.39 is 9.84 Å². The van der Waals surface area contributed by atoms with E-state index in [1.807, 2.05) is 24.5 Å². The van der Waals surface area contributed by atoms with Crippen LogP contribution in [-0.4, -0.2) is 32.4 Å². The summed E-state index contributed by atoms with van der Waals surface area (Å²) in [4.78, 5) is 6.86. The summed E-state index contributed by atoms with van der Waals surface area (Å²) >= 11 is 0. The third-order valence-electron chi connectivity index (χ3n) is 5.01. The van der Waals surface area contributed by atoms with Gasteiger partial charge >= 0.3 is 0 Å². The lowest BCUT2D eigenvalue weighted by Crippen LogP contribution is -2.17. The van der Waals surface area contributed by atoms with Gasteiger partial charge in [-0.05, 0) is 41.5 Å². The van der Waals surface area contributed by atoms with Crippen LogP contribution in [-0.2, 0) is 16.4 Å². The highest BCUT2D eigenvalue weighted by atomic mass is 32.2. The molecule has 2 aromatic carbocycles. The van der Waals surface area contributed by atoms with E-state index in [-0.39, 0.29) is 28.4 Å². The number of hydrogen-bond acceptors (Lipinski definition) is 6. The molecule has 0 radical (unpaired) electrons. The summed E-state index contributed by atoms with van der Waals surface area (Å²) < 4.78 is 36.7. The van der Waals surface area contributed by atoms with Crippen LogP contribution in [0.25, 0.3) is 0 Å². The first-order valence-electron chi connectivity index (χ1n) is 9.00. The molecule has 0 N–H and O–H groups in total. The minimum atomic E-state index is -3.69. The topological polar surface area (TPSA) is 68.2 Å². The summed E-state index contributed by atoms with van der Waals surface area (Å²) in [5, 5.41) is 0. The van der Waals surface area contributed by atoms with Crippen LogP contribution in [0, 0.1) is 0 Å². The quantitative estimate of drug-likeness (QED) is 0.796. The largest absolute Gasteiger partial charge is 0.454 e. The molecule has 7 heteroatoms. The monoisotopic (exact) mass is 394 g/mol. The smallest absolute Gasteiger partial charge is 0.231 e. The maximum absolute atomic E-state index is 13.0. The van der Waals surface area contributed by atoms with E-state index >= 15 is 0 Å². The molecule has 3 aliphatic heterocycles. The standard InChI is InChI=1S/C21H18N2O4S/c24-28(25,20-3-1-2-19-21(20)27-14-26-19)17-6-4-15(5-7-17)12-23-11-9-18-16(13-23)8-10-22-18/h1-7,9-11,13,18H,8,12,14H2. The Morgan fingerprint density at radius 3 is 2.82 bits per heavy atom. The minimum Gasteiger partial charge on any atom is -0.454 e.